The Labute approximate surface area is 404 Å². The van der Waals surface area contributed by atoms with Crippen LogP contribution in [0.5, 0.6) is 0 Å². The van der Waals surface area contributed by atoms with Crippen LogP contribution in [0.3, 0.4) is 0 Å². The van der Waals surface area contributed by atoms with Crippen molar-refractivity contribution in [3.05, 3.63) is 163 Å². The summed E-state index contributed by atoms with van der Waals surface area (Å²) >= 11 is 10.1. The topological polar surface area (TPSA) is 103 Å². The minimum atomic E-state index is -0.313. The van der Waals surface area contributed by atoms with Crippen molar-refractivity contribution < 1.29 is 14.1 Å². The molecule has 0 radical (unpaired) electrons. The molecule has 0 atom stereocenters. The number of nitrogens with zero attached hydrogens (tertiary/aromatic N) is 6. The molecule has 8 rings (SSSR count). The van der Waals surface area contributed by atoms with Crippen molar-refractivity contribution in [2.24, 2.45) is 14.1 Å². The average molecular weight is 1050 g/mol. The van der Waals surface area contributed by atoms with Crippen LogP contribution in [0.15, 0.2) is 140 Å². The molecule has 4 aromatic carbocycles. The second kappa shape index (κ2) is 21.9. The molecule has 0 amide bonds. The first kappa shape index (κ1) is 50.1. The maximum Gasteiger partial charge on any atom is 0.494 e. The zero-order valence-corrected chi connectivity index (χ0v) is 43.4. The molecule has 14 heteroatoms. The van der Waals surface area contributed by atoms with Gasteiger partial charge < -0.3 is 14.2 Å². The summed E-state index contributed by atoms with van der Waals surface area (Å²) < 4.78 is 19.1. The minimum Gasteiger partial charge on any atom is -0.399 e. The Bertz CT molecular complexity index is 2630. The summed E-state index contributed by atoms with van der Waals surface area (Å²) in [6.45, 7) is 16.2. The third kappa shape index (κ3) is 13.6. The van der Waals surface area contributed by atoms with Gasteiger partial charge in [0.15, 0.2) is 5.78 Å². The lowest BCUT2D eigenvalue weighted by Gasteiger charge is -2.32. The number of aromatic nitrogens is 6. The number of carbonyl (C=O) groups is 1. The second-order valence-corrected chi connectivity index (χ2v) is 19.5. The predicted octanol–water partition coefficient (Wildman–Crippen LogP) is 12.1. The van der Waals surface area contributed by atoms with Gasteiger partial charge in [-0.05, 0) is 139 Å². The Morgan fingerprint density at radius 1 is 0.656 bits per heavy atom. The Hall–Kier alpha value is -4.86. The number of ketones is 1. The van der Waals surface area contributed by atoms with Crippen LogP contribution in [0.2, 0.25) is 0 Å². The normalized spacial score (nSPS) is 13.8. The van der Waals surface area contributed by atoms with E-state index in [1.54, 1.807) is 6.08 Å². The highest BCUT2D eigenvalue weighted by Crippen LogP contribution is 2.36. The van der Waals surface area contributed by atoms with Gasteiger partial charge in [-0.15, -0.1) is 0 Å². The summed E-state index contributed by atoms with van der Waals surface area (Å²) in [6.07, 6.45) is 1.64. The third-order valence-corrected chi connectivity index (χ3v) is 12.5. The number of hydrogen-bond donors (Lipinski definition) is 1. The molecule has 0 spiro atoms. The van der Waals surface area contributed by atoms with E-state index in [4.69, 9.17) is 9.31 Å². The van der Waals surface area contributed by atoms with Crippen LogP contribution >= 0.6 is 47.8 Å². The van der Waals surface area contributed by atoms with E-state index in [0.717, 1.165) is 69.9 Å². The number of carbonyl (C=O) groups excluding carboxylic acids is 1. The molecule has 1 aliphatic rings. The Kier molecular flexibility index (Phi) is 17.1. The van der Waals surface area contributed by atoms with Crippen molar-refractivity contribution in [3.63, 3.8) is 0 Å². The third-order valence-electron chi connectivity index (χ3n) is 10.9. The standard InChI is InChI=1S/C17H23BN2O2.C12H14BrNO.C11H11BrN2.C10H9BrN2/c1-12-11-15(20(6)19-12)13-7-9-14(10-8-13)18-21-16(2,3)17(4,5)22-18;1-9(14(2)3)8-12(15)10-4-6-11(13)7-5-10;1-8-7-11(14(2)13-8)9-3-5-10(12)6-4-9;1-7-6-10(13-12-7)8-2-4-9(11)5-3-8/h7-11H,1-6H3;4-8H,1-3H3;3-7H,1-2H3;2-6H,1H3,(H,12,13)/b;9-8-;;. The lowest BCUT2D eigenvalue weighted by atomic mass is 9.79. The van der Waals surface area contributed by atoms with E-state index >= 15 is 0 Å². The first-order valence-corrected chi connectivity index (χ1v) is 23.2. The van der Waals surface area contributed by atoms with Gasteiger partial charge in [-0.2, -0.15) is 15.3 Å². The number of halogens is 3. The lowest BCUT2D eigenvalue weighted by Crippen LogP contribution is -2.41. The second-order valence-electron chi connectivity index (χ2n) is 16.8. The van der Waals surface area contributed by atoms with Crippen LogP contribution in [0.25, 0.3) is 33.8 Å². The van der Waals surface area contributed by atoms with Crippen LogP contribution < -0.4 is 5.46 Å². The molecule has 0 unspecified atom stereocenters. The number of H-pyrrole nitrogens is 1. The maximum atomic E-state index is 11.8. The highest BCUT2D eigenvalue weighted by atomic mass is 79.9. The van der Waals surface area contributed by atoms with Crippen molar-refractivity contribution in [2.75, 3.05) is 14.1 Å². The van der Waals surface area contributed by atoms with E-state index in [0.29, 0.717) is 5.56 Å². The van der Waals surface area contributed by atoms with Gasteiger partial charge in [-0.25, -0.2) is 0 Å². The zero-order chi connectivity index (χ0) is 46.9. The molecule has 64 heavy (non-hydrogen) atoms. The van der Waals surface area contributed by atoms with E-state index in [1.807, 2.05) is 137 Å². The molecule has 3 aromatic heterocycles. The smallest absolute Gasteiger partial charge is 0.399 e. The van der Waals surface area contributed by atoms with E-state index < -0.39 is 0 Å². The van der Waals surface area contributed by atoms with Gasteiger partial charge in [0.25, 0.3) is 0 Å². The number of rotatable bonds is 7. The van der Waals surface area contributed by atoms with Crippen molar-refractivity contribution in [1.82, 2.24) is 34.7 Å². The van der Waals surface area contributed by atoms with Gasteiger partial charge in [0.1, 0.15) is 0 Å². The summed E-state index contributed by atoms with van der Waals surface area (Å²) in [6, 6.07) is 38.2. The van der Waals surface area contributed by atoms with E-state index in [-0.39, 0.29) is 24.1 Å². The number of aryl methyl sites for hydroxylation is 5. The number of allylic oxidation sites excluding steroid dienone is 2. The van der Waals surface area contributed by atoms with Crippen molar-refractivity contribution >= 4 is 66.2 Å². The van der Waals surface area contributed by atoms with Gasteiger partial charge in [-0.3, -0.25) is 19.3 Å². The molecule has 1 saturated heterocycles. The van der Waals surface area contributed by atoms with Crippen LogP contribution in [0, 0.1) is 20.8 Å². The van der Waals surface area contributed by atoms with Crippen LogP contribution in [-0.4, -0.2) is 72.9 Å². The Morgan fingerprint density at radius 2 is 1.06 bits per heavy atom. The summed E-state index contributed by atoms with van der Waals surface area (Å²) in [5.41, 5.74) is 11.9. The van der Waals surface area contributed by atoms with Gasteiger partial charge in [0.2, 0.25) is 0 Å². The molecule has 334 valence electrons. The predicted molar refractivity (Wildman–Crippen MR) is 273 cm³/mol. The molecular formula is C50H57BBr3N7O3. The number of nitrogens with one attached hydrogen (secondary N) is 1. The minimum absolute atomic E-state index is 0.0358. The van der Waals surface area contributed by atoms with Crippen molar-refractivity contribution in [1.29, 1.82) is 0 Å². The molecule has 1 aliphatic heterocycles. The Morgan fingerprint density at radius 3 is 1.44 bits per heavy atom. The fraction of sp³-hybridized carbons (Fsp3) is 0.280. The van der Waals surface area contributed by atoms with Crippen molar-refractivity contribution in [3.8, 4) is 33.8 Å². The van der Waals surface area contributed by atoms with Crippen molar-refractivity contribution in [2.45, 2.75) is 66.6 Å². The molecule has 1 N–H and O–H groups in total. The van der Waals surface area contributed by atoms with Gasteiger partial charge in [0.05, 0.1) is 39.7 Å². The molecule has 1 fully saturated rings. The first-order valence-electron chi connectivity index (χ1n) is 20.8. The molecule has 10 nitrogen and oxygen atoms in total. The summed E-state index contributed by atoms with van der Waals surface area (Å²) in [7, 11) is 7.45. The highest BCUT2D eigenvalue weighted by molar-refractivity contribution is 9.11. The average Bonchev–Trinajstić information content (AvgIpc) is 3.99. The highest BCUT2D eigenvalue weighted by Gasteiger charge is 2.51. The fourth-order valence-corrected chi connectivity index (χ4v) is 7.17. The number of hydrogen-bond acceptors (Lipinski definition) is 7. The van der Waals surface area contributed by atoms with Crippen LogP contribution in [-0.2, 0) is 23.4 Å². The SMILES string of the molecule is C/C(=C/C(=O)c1ccc(Br)cc1)N(C)C.Cc1cc(-c2ccc(B3OC(C)(C)C(C)(C)O3)cc2)n(C)n1.Cc1cc(-c2ccc(Br)cc2)n(C)n1.Cc1cc(-c2ccc(Br)cc2)n[nH]1. The Balaban J connectivity index is 0.000000165. The maximum absolute atomic E-state index is 11.8. The monoisotopic (exact) mass is 1050 g/mol. The molecule has 0 bridgehead atoms. The first-order chi connectivity index (χ1) is 30.1. The number of aromatic amines is 1. The van der Waals surface area contributed by atoms with Gasteiger partial charge in [0, 0.05) is 70.2 Å². The quantitative estimate of drug-likeness (QED) is 0.0963. The molecular weight excluding hydrogens is 997 g/mol. The number of benzene rings is 4. The molecule has 0 aliphatic carbocycles. The fourth-order valence-electron chi connectivity index (χ4n) is 6.38. The van der Waals surface area contributed by atoms with E-state index in [1.165, 1.54) is 5.56 Å². The zero-order valence-electron chi connectivity index (χ0n) is 38.7. The molecule has 0 saturated carbocycles. The largest absolute Gasteiger partial charge is 0.494 e. The van der Waals surface area contributed by atoms with Gasteiger partial charge in [-0.1, -0.05) is 96.3 Å². The van der Waals surface area contributed by atoms with E-state index in [9.17, 15) is 4.79 Å². The van der Waals surface area contributed by atoms with E-state index in [2.05, 4.69) is 144 Å². The molecule has 7 aromatic rings. The summed E-state index contributed by atoms with van der Waals surface area (Å²) in [5, 5.41) is 15.8. The van der Waals surface area contributed by atoms with Crippen LogP contribution in [0.1, 0.15) is 62.1 Å². The van der Waals surface area contributed by atoms with Gasteiger partial charge >= 0.3 is 7.12 Å². The molecule has 4 heterocycles. The summed E-state index contributed by atoms with van der Waals surface area (Å²) in [4.78, 5) is 13.7. The lowest BCUT2D eigenvalue weighted by molar-refractivity contribution is 0.00578. The van der Waals surface area contributed by atoms with Crippen LogP contribution in [0.4, 0.5) is 0 Å². The summed E-state index contributed by atoms with van der Waals surface area (Å²) in [5.74, 6) is 0.0358.